The largest absolute Gasteiger partial charge is 0.352 e. The third kappa shape index (κ3) is 2.95. The lowest BCUT2D eigenvalue weighted by atomic mass is 10.1. The maximum absolute atomic E-state index is 13.2. The summed E-state index contributed by atoms with van der Waals surface area (Å²) in [6, 6.07) is 13.4. The summed E-state index contributed by atoms with van der Waals surface area (Å²) in [6.45, 7) is 9.03. The standard InChI is InChI=1S/C22H24N4O2/c1-14(2)12-24-20(27)18-7-5-6-8-19(18)26-21(24)23-25(22(26)28)13-17-11-15(3)9-10-16(17)4/h5-11,14H,12-13H2,1-4H3. The van der Waals surface area contributed by atoms with E-state index in [0.29, 0.717) is 29.8 Å². The number of aromatic nitrogens is 4. The number of fused-ring (bicyclic) bond motifs is 3. The van der Waals surface area contributed by atoms with Crippen molar-refractivity contribution in [1.29, 1.82) is 0 Å². The molecule has 28 heavy (non-hydrogen) atoms. The van der Waals surface area contributed by atoms with Crippen LogP contribution in [0.5, 0.6) is 0 Å². The highest BCUT2D eigenvalue weighted by atomic mass is 16.2. The van der Waals surface area contributed by atoms with Gasteiger partial charge in [0.05, 0.1) is 17.4 Å². The Morgan fingerprint density at radius 2 is 1.79 bits per heavy atom. The summed E-state index contributed by atoms with van der Waals surface area (Å²) in [5.74, 6) is 0.648. The zero-order valence-corrected chi connectivity index (χ0v) is 16.6. The van der Waals surface area contributed by atoms with Crippen LogP contribution in [0.25, 0.3) is 16.7 Å². The van der Waals surface area contributed by atoms with Gasteiger partial charge in [-0.05, 0) is 43.0 Å². The molecular formula is C22H24N4O2. The van der Waals surface area contributed by atoms with Gasteiger partial charge in [-0.1, -0.05) is 49.7 Å². The van der Waals surface area contributed by atoms with Crippen molar-refractivity contribution in [3.8, 4) is 0 Å². The van der Waals surface area contributed by atoms with Gasteiger partial charge in [0, 0.05) is 6.54 Å². The molecule has 0 saturated heterocycles. The summed E-state index contributed by atoms with van der Waals surface area (Å²) in [6.07, 6.45) is 0. The van der Waals surface area contributed by atoms with Gasteiger partial charge in [-0.25, -0.2) is 13.9 Å². The highest BCUT2D eigenvalue weighted by Gasteiger charge is 2.18. The van der Waals surface area contributed by atoms with Crippen molar-refractivity contribution in [3.63, 3.8) is 0 Å². The van der Waals surface area contributed by atoms with Crippen LogP contribution >= 0.6 is 0 Å². The minimum atomic E-state index is -0.232. The highest BCUT2D eigenvalue weighted by Crippen LogP contribution is 2.14. The summed E-state index contributed by atoms with van der Waals surface area (Å²) < 4.78 is 4.64. The van der Waals surface area contributed by atoms with Gasteiger partial charge in [-0.15, -0.1) is 5.10 Å². The topological polar surface area (TPSA) is 61.3 Å². The van der Waals surface area contributed by atoms with Crippen molar-refractivity contribution >= 4 is 16.7 Å². The molecule has 0 N–H and O–H groups in total. The van der Waals surface area contributed by atoms with Crippen LogP contribution in [0.15, 0.2) is 52.1 Å². The molecule has 0 bridgehead atoms. The molecule has 0 saturated carbocycles. The van der Waals surface area contributed by atoms with Gasteiger partial charge in [-0.3, -0.25) is 9.36 Å². The fourth-order valence-electron chi connectivity index (χ4n) is 3.63. The molecule has 0 unspecified atom stereocenters. The molecular weight excluding hydrogens is 352 g/mol. The van der Waals surface area contributed by atoms with E-state index >= 15 is 0 Å². The summed E-state index contributed by atoms with van der Waals surface area (Å²) in [4.78, 5) is 26.3. The van der Waals surface area contributed by atoms with Gasteiger partial charge in [-0.2, -0.15) is 0 Å². The van der Waals surface area contributed by atoms with E-state index in [4.69, 9.17) is 0 Å². The van der Waals surface area contributed by atoms with E-state index in [1.54, 1.807) is 21.1 Å². The summed E-state index contributed by atoms with van der Waals surface area (Å²) in [7, 11) is 0. The number of nitrogens with zero attached hydrogens (tertiary/aromatic N) is 4. The first-order valence-electron chi connectivity index (χ1n) is 9.54. The molecule has 2 aromatic carbocycles. The van der Waals surface area contributed by atoms with Crippen LogP contribution in [-0.2, 0) is 13.1 Å². The fourth-order valence-corrected chi connectivity index (χ4v) is 3.63. The van der Waals surface area contributed by atoms with Crippen molar-refractivity contribution in [2.45, 2.75) is 40.8 Å². The molecule has 0 aliphatic rings. The lowest BCUT2D eigenvalue weighted by molar-refractivity contribution is 0.516. The molecule has 2 aromatic heterocycles. The predicted octanol–water partition coefficient (Wildman–Crippen LogP) is 3.13. The summed E-state index contributed by atoms with van der Waals surface area (Å²) >= 11 is 0. The van der Waals surface area contributed by atoms with Crippen LogP contribution < -0.4 is 11.2 Å². The molecule has 0 radical (unpaired) electrons. The average molecular weight is 376 g/mol. The summed E-state index contributed by atoms with van der Waals surface area (Å²) in [5, 5.41) is 5.10. The van der Waals surface area contributed by atoms with Crippen molar-refractivity contribution < 1.29 is 0 Å². The Morgan fingerprint density at radius 1 is 1.04 bits per heavy atom. The molecule has 0 atom stereocenters. The van der Waals surface area contributed by atoms with Gasteiger partial charge in [0.2, 0.25) is 5.78 Å². The van der Waals surface area contributed by atoms with Crippen LogP contribution in [0, 0.1) is 19.8 Å². The minimum absolute atomic E-state index is 0.110. The predicted molar refractivity (Wildman–Crippen MR) is 111 cm³/mol. The van der Waals surface area contributed by atoms with Crippen LogP contribution in [-0.4, -0.2) is 18.7 Å². The average Bonchev–Trinajstić information content (AvgIpc) is 2.98. The van der Waals surface area contributed by atoms with Gasteiger partial charge >= 0.3 is 5.69 Å². The maximum atomic E-state index is 13.2. The van der Waals surface area contributed by atoms with Crippen LogP contribution in [0.3, 0.4) is 0 Å². The van der Waals surface area contributed by atoms with Gasteiger partial charge in [0.25, 0.3) is 5.56 Å². The Kier molecular flexibility index (Phi) is 4.41. The second kappa shape index (κ2) is 6.78. The highest BCUT2D eigenvalue weighted by molar-refractivity contribution is 5.80. The molecule has 0 aliphatic carbocycles. The molecule has 6 nitrogen and oxygen atoms in total. The number of rotatable bonds is 4. The first kappa shape index (κ1) is 18.2. The van der Waals surface area contributed by atoms with Crippen LogP contribution in [0.2, 0.25) is 0 Å². The monoisotopic (exact) mass is 376 g/mol. The maximum Gasteiger partial charge on any atom is 0.352 e. The van der Waals surface area contributed by atoms with E-state index < -0.39 is 0 Å². The second-order valence-electron chi connectivity index (χ2n) is 7.83. The molecule has 4 aromatic rings. The molecule has 0 fully saturated rings. The smallest absolute Gasteiger partial charge is 0.276 e. The number of aryl methyl sites for hydroxylation is 2. The minimum Gasteiger partial charge on any atom is -0.276 e. The second-order valence-corrected chi connectivity index (χ2v) is 7.83. The first-order chi connectivity index (χ1) is 13.4. The molecule has 2 heterocycles. The molecule has 0 aliphatic heterocycles. The Balaban J connectivity index is 2.02. The fraction of sp³-hybridized carbons (Fsp3) is 0.318. The van der Waals surface area contributed by atoms with Crippen molar-refractivity contribution in [1.82, 2.24) is 18.7 Å². The van der Waals surface area contributed by atoms with E-state index in [1.165, 1.54) is 4.68 Å². The third-order valence-electron chi connectivity index (χ3n) is 5.06. The lowest BCUT2D eigenvalue weighted by Crippen LogP contribution is -2.27. The molecule has 6 heteroatoms. The van der Waals surface area contributed by atoms with E-state index in [1.807, 2.05) is 39.8 Å². The number of hydrogen-bond acceptors (Lipinski definition) is 3. The quantitative estimate of drug-likeness (QED) is 0.550. The normalized spacial score (nSPS) is 11.8. The van der Waals surface area contributed by atoms with Crippen molar-refractivity contribution in [3.05, 3.63) is 80.0 Å². The third-order valence-corrected chi connectivity index (χ3v) is 5.06. The van der Waals surface area contributed by atoms with Crippen LogP contribution in [0.1, 0.15) is 30.5 Å². The van der Waals surface area contributed by atoms with E-state index in [2.05, 4.69) is 23.3 Å². The van der Waals surface area contributed by atoms with Gasteiger partial charge < -0.3 is 0 Å². The van der Waals surface area contributed by atoms with E-state index in [0.717, 1.165) is 16.7 Å². The van der Waals surface area contributed by atoms with Crippen LogP contribution in [0.4, 0.5) is 0 Å². The molecule has 144 valence electrons. The lowest BCUT2D eigenvalue weighted by Gasteiger charge is -2.11. The Labute approximate surface area is 162 Å². The van der Waals surface area contributed by atoms with E-state index in [-0.39, 0.29) is 17.2 Å². The van der Waals surface area contributed by atoms with Gasteiger partial charge in [0.1, 0.15) is 0 Å². The SMILES string of the molecule is Cc1ccc(C)c(Cn2nc3n(CC(C)C)c(=O)c4ccccc4n3c2=O)c1. The molecule has 0 spiro atoms. The van der Waals surface area contributed by atoms with Crippen molar-refractivity contribution in [2.24, 2.45) is 5.92 Å². The molecule has 0 amide bonds. The number of benzene rings is 2. The Bertz CT molecular complexity index is 1310. The number of para-hydroxylation sites is 1. The first-order valence-corrected chi connectivity index (χ1v) is 9.54. The molecule has 4 rings (SSSR count). The van der Waals surface area contributed by atoms with E-state index in [9.17, 15) is 9.59 Å². The zero-order valence-electron chi connectivity index (χ0n) is 16.6. The van der Waals surface area contributed by atoms with Crippen molar-refractivity contribution in [2.75, 3.05) is 0 Å². The van der Waals surface area contributed by atoms with Gasteiger partial charge in [0.15, 0.2) is 0 Å². The Hall–Kier alpha value is -3.15. The summed E-state index contributed by atoms with van der Waals surface area (Å²) in [5.41, 5.74) is 3.55. The Morgan fingerprint density at radius 3 is 2.54 bits per heavy atom. The number of hydrogen-bond donors (Lipinski definition) is 0. The zero-order chi connectivity index (χ0) is 20.0.